The van der Waals surface area contributed by atoms with Gasteiger partial charge in [-0.2, -0.15) is 0 Å². The highest BCUT2D eigenvalue weighted by Gasteiger charge is 2.15. The minimum Gasteiger partial charge on any atom is -0.351 e. The number of imidazole rings is 1. The van der Waals surface area contributed by atoms with Gasteiger partial charge >= 0.3 is 0 Å². The molecule has 3 heteroatoms. The fraction of sp³-hybridized carbons (Fsp3) is 0.700. The molecule has 72 valence electrons. The van der Waals surface area contributed by atoms with Gasteiger partial charge in [0.15, 0.2) is 0 Å². The van der Waals surface area contributed by atoms with Crippen molar-refractivity contribution in [2.75, 3.05) is 13.1 Å². The lowest BCUT2D eigenvalue weighted by atomic mass is 9.99. The first kappa shape index (κ1) is 8.75. The normalized spacial score (nSPS) is 20.7. The Morgan fingerprint density at radius 3 is 2.92 bits per heavy atom. The van der Waals surface area contributed by atoms with Crippen molar-refractivity contribution in [1.29, 1.82) is 0 Å². The van der Waals surface area contributed by atoms with Crippen LogP contribution in [0.25, 0.3) is 0 Å². The number of likely N-dealkylation sites (tertiary alicyclic amines) is 1. The molecule has 1 aliphatic rings. The zero-order valence-corrected chi connectivity index (χ0v) is 8.16. The standard InChI is InChI=1S/C10H17N3/c1-9-2-4-13(5-3-9)7-10-6-11-8-12-10/h6,8-9H,2-5,7H2,1H3,(H,11,12). The van der Waals surface area contributed by atoms with Gasteiger partial charge in [-0.3, -0.25) is 4.90 Å². The van der Waals surface area contributed by atoms with Crippen molar-refractivity contribution < 1.29 is 0 Å². The van der Waals surface area contributed by atoms with Crippen molar-refractivity contribution in [2.24, 2.45) is 5.92 Å². The highest BCUT2D eigenvalue weighted by atomic mass is 15.1. The van der Waals surface area contributed by atoms with E-state index < -0.39 is 0 Å². The highest BCUT2D eigenvalue weighted by Crippen LogP contribution is 2.17. The molecule has 0 unspecified atom stereocenters. The molecule has 1 aromatic rings. The zero-order chi connectivity index (χ0) is 9.10. The third kappa shape index (κ3) is 2.31. The molecule has 0 aliphatic carbocycles. The summed E-state index contributed by atoms with van der Waals surface area (Å²) in [7, 11) is 0. The quantitative estimate of drug-likeness (QED) is 0.748. The van der Waals surface area contributed by atoms with Crippen LogP contribution in [0, 0.1) is 5.92 Å². The van der Waals surface area contributed by atoms with Gasteiger partial charge in [0.1, 0.15) is 0 Å². The Morgan fingerprint density at radius 2 is 2.31 bits per heavy atom. The molecule has 0 amide bonds. The van der Waals surface area contributed by atoms with Crippen LogP contribution >= 0.6 is 0 Å². The number of aromatic amines is 1. The molecule has 13 heavy (non-hydrogen) atoms. The van der Waals surface area contributed by atoms with Crippen molar-refractivity contribution in [3.05, 3.63) is 18.2 Å². The summed E-state index contributed by atoms with van der Waals surface area (Å²) >= 11 is 0. The van der Waals surface area contributed by atoms with Crippen molar-refractivity contribution in [1.82, 2.24) is 14.9 Å². The van der Waals surface area contributed by atoms with Gasteiger partial charge in [-0.25, -0.2) is 4.98 Å². The molecule has 0 radical (unpaired) electrons. The topological polar surface area (TPSA) is 31.9 Å². The van der Waals surface area contributed by atoms with E-state index in [-0.39, 0.29) is 0 Å². The van der Waals surface area contributed by atoms with Gasteiger partial charge in [0.05, 0.1) is 12.0 Å². The molecule has 0 atom stereocenters. The van der Waals surface area contributed by atoms with Crippen LogP contribution in [0.1, 0.15) is 25.5 Å². The van der Waals surface area contributed by atoms with Gasteiger partial charge in [-0.15, -0.1) is 0 Å². The Bertz CT molecular complexity index is 235. The lowest BCUT2D eigenvalue weighted by Gasteiger charge is -2.29. The summed E-state index contributed by atoms with van der Waals surface area (Å²) in [5, 5.41) is 0. The largest absolute Gasteiger partial charge is 0.351 e. The summed E-state index contributed by atoms with van der Waals surface area (Å²) in [4.78, 5) is 9.70. The molecular weight excluding hydrogens is 162 g/mol. The molecule has 2 heterocycles. The second kappa shape index (κ2) is 3.92. The van der Waals surface area contributed by atoms with Gasteiger partial charge in [-0.05, 0) is 31.8 Å². The van der Waals surface area contributed by atoms with Crippen LogP contribution in [0.3, 0.4) is 0 Å². The molecule has 1 aromatic heterocycles. The fourth-order valence-electron chi connectivity index (χ4n) is 1.83. The molecule has 0 spiro atoms. The second-order valence-corrected chi connectivity index (χ2v) is 4.02. The van der Waals surface area contributed by atoms with E-state index in [2.05, 4.69) is 21.8 Å². The molecule has 2 rings (SSSR count). The minimum atomic E-state index is 0.912. The average molecular weight is 179 g/mol. The SMILES string of the molecule is CC1CCN(Cc2c[nH]cn2)CC1. The van der Waals surface area contributed by atoms with E-state index in [0.717, 1.165) is 18.2 Å². The summed E-state index contributed by atoms with van der Waals surface area (Å²) < 4.78 is 0. The van der Waals surface area contributed by atoms with E-state index in [1.165, 1.54) is 25.9 Å². The number of hydrogen-bond acceptors (Lipinski definition) is 2. The highest BCUT2D eigenvalue weighted by molar-refractivity contribution is 4.94. The Hall–Kier alpha value is -0.830. The van der Waals surface area contributed by atoms with E-state index >= 15 is 0 Å². The molecule has 3 nitrogen and oxygen atoms in total. The third-order valence-electron chi connectivity index (χ3n) is 2.82. The van der Waals surface area contributed by atoms with E-state index in [1.54, 1.807) is 6.33 Å². The third-order valence-corrected chi connectivity index (χ3v) is 2.82. The van der Waals surface area contributed by atoms with Gasteiger partial charge in [-0.1, -0.05) is 6.92 Å². The molecule has 0 bridgehead atoms. The van der Waals surface area contributed by atoms with E-state index in [1.807, 2.05) is 6.20 Å². The number of nitrogens with one attached hydrogen (secondary N) is 1. The number of piperidine rings is 1. The van der Waals surface area contributed by atoms with Crippen molar-refractivity contribution >= 4 is 0 Å². The predicted molar refractivity (Wildman–Crippen MR) is 52.3 cm³/mol. The number of rotatable bonds is 2. The summed E-state index contributed by atoms with van der Waals surface area (Å²) in [5.41, 5.74) is 1.16. The fourth-order valence-corrected chi connectivity index (χ4v) is 1.83. The van der Waals surface area contributed by atoms with Crippen LogP contribution in [-0.2, 0) is 6.54 Å². The van der Waals surface area contributed by atoms with Crippen LogP contribution < -0.4 is 0 Å². The van der Waals surface area contributed by atoms with Crippen molar-refractivity contribution in [2.45, 2.75) is 26.3 Å². The first-order valence-corrected chi connectivity index (χ1v) is 5.04. The van der Waals surface area contributed by atoms with Crippen LogP contribution in [0.5, 0.6) is 0 Å². The Balaban J connectivity index is 1.83. The number of H-pyrrole nitrogens is 1. The summed E-state index contributed by atoms with van der Waals surface area (Å²) in [6, 6.07) is 0. The molecule has 0 saturated carbocycles. The van der Waals surface area contributed by atoms with Crippen LogP contribution in [0.4, 0.5) is 0 Å². The predicted octanol–water partition coefficient (Wildman–Crippen LogP) is 1.64. The van der Waals surface area contributed by atoms with Crippen LogP contribution in [0.2, 0.25) is 0 Å². The molecule has 1 aliphatic heterocycles. The summed E-state index contributed by atoms with van der Waals surface area (Å²) in [5.74, 6) is 0.912. The molecular formula is C10H17N3. The first-order chi connectivity index (χ1) is 6.34. The van der Waals surface area contributed by atoms with Crippen LogP contribution in [0.15, 0.2) is 12.5 Å². The molecule has 1 saturated heterocycles. The van der Waals surface area contributed by atoms with Crippen LogP contribution in [-0.4, -0.2) is 28.0 Å². The Labute approximate surface area is 79.2 Å². The first-order valence-electron chi connectivity index (χ1n) is 5.04. The van der Waals surface area contributed by atoms with Gasteiger partial charge in [0.25, 0.3) is 0 Å². The summed E-state index contributed by atoms with van der Waals surface area (Å²) in [6.07, 6.45) is 6.41. The van der Waals surface area contributed by atoms with E-state index in [4.69, 9.17) is 0 Å². The molecule has 0 aromatic carbocycles. The number of aromatic nitrogens is 2. The Morgan fingerprint density at radius 1 is 1.54 bits per heavy atom. The maximum Gasteiger partial charge on any atom is 0.0923 e. The number of nitrogens with zero attached hydrogens (tertiary/aromatic N) is 2. The van der Waals surface area contributed by atoms with E-state index in [0.29, 0.717) is 0 Å². The van der Waals surface area contributed by atoms with Crippen molar-refractivity contribution in [3.8, 4) is 0 Å². The average Bonchev–Trinajstić information content (AvgIpc) is 2.62. The van der Waals surface area contributed by atoms with Gasteiger partial charge in [0, 0.05) is 12.7 Å². The maximum absolute atomic E-state index is 4.23. The lowest BCUT2D eigenvalue weighted by molar-refractivity contribution is 0.183. The monoisotopic (exact) mass is 179 g/mol. The molecule has 1 fully saturated rings. The van der Waals surface area contributed by atoms with Crippen molar-refractivity contribution in [3.63, 3.8) is 0 Å². The van der Waals surface area contributed by atoms with E-state index in [9.17, 15) is 0 Å². The Kier molecular flexibility index (Phi) is 2.64. The minimum absolute atomic E-state index is 0.912. The number of hydrogen-bond donors (Lipinski definition) is 1. The second-order valence-electron chi connectivity index (χ2n) is 4.02. The van der Waals surface area contributed by atoms with Gasteiger partial charge in [0.2, 0.25) is 0 Å². The summed E-state index contributed by atoms with van der Waals surface area (Å²) in [6.45, 7) is 5.81. The zero-order valence-electron chi connectivity index (χ0n) is 8.16. The van der Waals surface area contributed by atoms with Gasteiger partial charge < -0.3 is 4.98 Å². The molecule has 1 N–H and O–H groups in total. The maximum atomic E-state index is 4.23. The lowest BCUT2D eigenvalue weighted by Crippen LogP contribution is -2.32. The smallest absolute Gasteiger partial charge is 0.0923 e.